The van der Waals surface area contributed by atoms with E-state index in [1.165, 1.54) is 16.8 Å². The molecule has 114 valence electrons. The summed E-state index contributed by atoms with van der Waals surface area (Å²) in [5.74, 6) is 0. The minimum atomic E-state index is 0.314. The van der Waals surface area contributed by atoms with Gasteiger partial charge in [0.2, 0.25) is 0 Å². The summed E-state index contributed by atoms with van der Waals surface area (Å²) in [6.45, 7) is 5.29. The van der Waals surface area contributed by atoms with Crippen molar-refractivity contribution in [2.75, 3.05) is 7.05 Å². The van der Waals surface area contributed by atoms with E-state index in [9.17, 15) is 0 Å². The lowest BCUT2D eigenvalue weighted by Gasteiger charge is -2.19. The smallest absolute Gasteiger partial charge is 0.0695 e. The lowest BCUT2D eigenvalue weighted by atomic mass is 10.0. The summed E-state index contributed by atoms with van der Waals surface area (Å²) in [5.41, 5.74) is 3.98. The van der Waals surface area contributed by atoms with Crippen LogP contribution in [0.4, 0.5) is 0 Å². The Bertz CT molecular complexity index is 577. The van der Waals surface area contributed by atoms with Gasteiger partial charge in [-0.2, -0.15) is 5.10 Å². The van der Waals surface area contributed by atoms with Gasteiger partial charge in [0.25, 0.3) is 0 Å². The molecule has 0 bridgehead atoms. The van der Waals surface area contributed by atoms with Gasteiger partial charge in [-0.25, -0.2) is 0 Å². The minimum Gasteiger partial charge on any atom is -0.312 e. The maximum absolute atomic E-state index is 4.47. The number of nitrogens with zero attached hydrogens (tertiary/aromatic N) is 2. The average Bonchev–Trinajstić information content (AvgIpc) is 2.82. The standard InChI is InChI=1S/C17H24BrN3/c1-4-10-21-17(15(18)12-20-21)16(19-3)9-8-14-7-5-6-13(2)11-14/h5-7,11-12,16,19H,4,8-10H2,1-3H3. The van der Waals surface area contributed by atoms with E-state index in [0.29, 0.717) is 6.04 Å². The number of rotatable bonds is 7. The number of hydrogen-bond donors (Lipinski definition) is 1. The molecular formula is C17H24BrN3. The number of nitrogens with one attached hydrogen (secondary N) is 1. The third-order valence-corrected chi connectivity index (χ3v) is 4.36. The van der Waals surface area contributed by atoms with E-state index in [0.717, 1.165) is 30.3 Å². The number of aryl methyl sites for hydroxylation is 3. The van der Waals surface area contributed by atoms with E-state index in [4.69, 9.17) is 0 Å². The van der Waals surface area contributed by atoms with Gasteiger partial charge in [0.15, 0.2) is 0 Å². The minimum absolute atomic E-state index is 0.314. The Kier molecular flexibility index (Phi) is 6.00. The molecule has 1 heterocycles. The highest BCUT2D eigenvalue weighted by atomic mass is 79.9. The molecule has 0 radical (unpaired) electrons. The quantitative estimate of drug-likeness (QED) is 0.809. The van der Waals surface area contributed by atoms with Crippen LogP contribution < -0.4 is 5.32 Å². The molecule has 1 aromatic carbocycles. The van der Waals surface area contributed by atoms with Crippen LogP contribution in [0, 0.1) is 6.92 Å². The first kappa shape index (κ1) is 16.2. The zero-order valence-electron chi connectivity index (χ0n) is 13.1. The van der Waals surface area contributed by atoms with Crippen LogP contribution in [0.25, 0.3) is 0 Å². The summed E-state index contributed by atoms with van der Waals surface area (Å²) < 4.78 is 3.21. The van der Waals surface area contributed by atoms with Crippen LogP contribution in [0.3, 0.4) is 0 Å². The average molecular weight is 350 g/mol. The molecule has 0 fully saturated rings. The van der Waals surface area contributed by atoms with Crippen molar-refractivity contribution in [1.29, 1.82) is 0 Å². The van der Waals surface area contributed by atoms with Crippen molar-refractivity contribution < 1.29 is 0 Å². The summed E-state index contributed by atoms with van der Waals surface area (Å²) in [7, 11) is 2.02. The molecule has 0 saturated carbocycles. The van der Waals surface area contributed by atoms with E-state index in [1.807, 2.05) is 13.2 Å². The molecule has 21 heavy (non-hydrogen) atoms. The number of aromatic nitrogens is 2. The molecule has 4 heteroatoms. The highest BCUT2D eigenvalue weighted by Gasteiger charge is 2.18. The van der Waals surface area contributed by atoms with Crippen molar-refractivity contribution in [2.24, 2.45) is 0 Å². The molecule has 1 N–H and O–H groups in total. The molecule has 0 aliphatic heterocycles. The van der Waals surface area contributed by atoms with Gasteiger partial charge < -0.3 is 5.32 Å². The first-order valence-electron chi connectivity index (χ1n) is 7.59. The van der Waals surface area contributed by atoms with E-state index >= 15 is 0 Å². The lowest BCUT2D eigenvalue weighted by Crippen LogP contribution is -2.21. The van der Waals surface area contributed by atoms with Crippen LogP contribution in [0.5, 0.6) is 0 Å². The second-order valence-electron chi connectivity index (χ2n) is 5.47. The Balaban J connectivity index is 2.11. The van der Waals surface area contributed by atoms with Crippen molar-refractivity contribution >= 4 is 15.9 Å². The lowest BCUT2D eigenvalue weighted by molar-refractivity contribution is 0.475. The van der Waals surface area contributed by atoms with Crippen LogP contribution in [0.2, 0.25) is 0 Å². The fourth-order valence-corrected chi connectivity index (χ4v) is 3.28. The maximum atomic E-state index is 4.47. The van der Waals surface area contributed by atoms with Crippen molar-refractivity contribution in [2.45, 2.75) is 45.7 Å². The Morgan fingerprint density at radius 1 is 1.38 bits per heavy atom. The second-order valence-corrected chi connectivity index (χ2v) is 6.32. The molecule has 0 aliphatic carbocycles. The van der Waals surface area contributed by atoms with E-state index in [1.54, 1.807) is 0 Å². The van der Waals surface area contributed by atoms with Crippen molar-refractivity contribution in [1.82, 2.24) is 15.1 Å². The zero-order chi connectivity index (χ0) is 15.2. The Morgan fingerprint density at radius 3 is 2.86 bits per heavy atom. The van der Waals surface area contributed by atoms with Crippen molar-refractivity contribution in [3.63, 3.8) is 0 Å². The number of halogens is 1. The molecule has 0 amide bonds. The predicted octanol–water partition coefficient (Wildman–Crippen LogP) is 4.26. The third-order valence-electron chi connectivity index (χ3n) is 3.75. The number of hydrogen-bond acceptors (Lipinski definition) is 2. The van der Waals surface area contributed by atoms with Crippen molar-refractivity contribution in [3.05, 3.63) is 51.8 Å². The van der Waals surface area contributed by atoms with Crippen LogP contribution >= 0.6 is 15.9 Å². The highest BCUT2D eigenvalue weighted by molar-refractivity contribution is 9.10. The topological polar surface area (TPSA) is 29.9 Å². The largest absolute Gasteiger partial charge is 0.312 e. The van der Waals surface area contributed by atoms with Gasteiger partial charge in [0.1, 0.15) is 0 Å². The first-order chi connectivity index (χ1) is 10.2. The Hall–Kier alpha value is -1.13. The molecule has 0 saturated heterocycles. The fourth-order valence-electron chi connectivity index (χ4n) is 2.70. The normalized spacial score (nSPS) is 12.6. The summed E-state index contributed by atoms with van der Waals surface area (Å²) in [6.07, 6.45) is 5.13. The van der Waals surface area contributed by atoms with Crippen LogP contribution in [0.1, 0.15) is 42.6 Å². The first-order valence-corrected chi connectivity index (χ1v) is 8.39. The second kappa shape index (κ2) is 7.76. The summed E-state index contributed by atoms with van der Waals surface area (Å²) in [6, 6.07) is 9.07. The summed E-state index contributed by atoms with van der Waals surface area (Å²) >= 11 is 3.64. The Morgan fingerprint density at radius 2 is 2.19 bits per heavy atom. The van der Waals surface area contributed by atoms with E-state index in [2.05, 4.69) is 69.1 Å². The Labute approximate surface area is 135 Å². The van der Waals surface area contributed by atoms with E-state index < -0.39 is 0 Å². The zero-order valence-corrected chi connectivity index (χ0v) is 14.7. The molecule has 0 spiro atoms. The molecule has 1 unspecified atom stereocenters. The SMILES string of the molecule is CCCn1ncc(Br)c1C(CCc1cccc(C)c1)NC. The molecule has 2 aromatic rings. The molecule has 3 nitrogen and oxygen atoms in total. The molecule has 1 aromatic heterocycles. The molecule has 1 atom stereocenters. The maximum Gasteiger partial charge on any atom is 0.0695 e. The van der Waals surface area contributed by atoms with Gasteiger partial charge in [-0.3, -0.25) is 4.68 Å². The monoisotopic (exact) mass is 349 g/mol. The van der Waals surface area contributed by atoms with Gasteiger partial charge in [0.05, 0.1) is 22.4 Å². The van der Waals surface area contributed by atoms with Gasteiger partial charge in [-0.1, -0.05) is 36.8 Å². The third kappa shape index (κ3) is 4.17. The predicted molar refractivity (Wildman–Crippen MR) is 91.5 cm³/mol. The summed E-state index contributed by atoms with van der Waals surface area (Å²) in [4.78, 5) is 0. The highest BCUT2D eigenvalue weighted by Crippen LogP contribution is 2.27. The van der Waals surface area contributed by atoms with Crippen molar-refractivity contribution in [3.8, 4) is 0 Å². The molecular weight excluding hydrogens is 326 g/mol. The molecule has 2 rings (SSSR count). The van der Waals surface area contributed by atoms with Gasteiger partial charge in [-0.05, 0) is 54.7 Å². The van der Waals surface area contributed by atoms with Crippen LogP contribution in [-0.4, -0.2) is 16.8 Å². The molecule has 0 aliphatic rings. The van der Waals surface area contributed by atoms with Gasteiger partial charge in [-0.15, -0.1) is 0 Å². The number of benzene rings is 1. The van der Waals surface area contributed by atoms with Gasteiger partial charge in [0, 0.05) is 6.54 Å². The van der Waals surface area contributed by atoms with Crippen LogP contribution in [0.15, 0.2) is 34.9 Å². The van der Waals surface area contributed by atoms with E-state index in [-0.39, 0.29) is 0 Å². The van der Waals surface area contributed by atoms with Crippen LogP contribution in [-0.2, 0) is 13.0 Å². The fraction of sp³-hybridized carbons (Fsp3) is 0.471. The van der Waals surface area contributed by atoms with Gasteiger partial charge >= 0.3 is 0 Å². The summed E-state index contributed by atoms with van der Waals surface area (Å²) in [5, 5.41) is 7.91.